The van der Waals surface area contributed by atoms with Gasteiger partial charge in [0.15, 0.2) is 0 Å². The van der Waals surface area contributed by atoms with Crippen LogP contribution in [0.25, 0.3) is 0 Å². The smallest absolute Gasteiger partial charge is 0.241 e. The lowest BCUT2D eigenvalue weighted by Gasteiger charge is -2.47. The molecule has 5 rings (SSSR count). The Hall–Kier alpha value is -2.66. The summed E-state index contributed by atoms with van der Waals surface area (Å²) in [5, 5.41) is 3.79. The van der Waals surface area contributed by atoms with Gasteiger partial charge in [0.25, 0.3) is 0 Å². The predicted molar refractivity (Wildman–Crippen MR) is 134 cm³/mol. The summed E-state index contributed by atoms with van der Waals surface area (Å²) in [6, 6.07) is 20.7. The van der Waals surface area contributed by atoms with Gasteiger partial charge in [-0.25, -0.2) is 0 Å². The number of carbonyl (C=O) groups is 2. The summed E-state index contributed by atoms with van der Waals surface area (Å²) in [5.74, 6) is 0.775. The van der Waals surface area contributed by atoms with E-state index in [0.29, 0.717) is 12.3 Å². The predicted octanol–water partition coefficient (Wildman–Crippen LogP) is 4.17. The van der Waals surface area contributed by atoms with Gasteiger partial charge in [-0.1, -0.05) is 67.1 Å². The van der Waals surface area contributed by atoms with Crippen LogP contribution in [0.2, 0.25) is 0 Å². The molecule has 2 aliphatic heterocycles. The van der Waals surface area contributed by atoms with Crippen LogP contribution in [0.15, 0.2) is 60.7 Å². The van der Waals surface area contributed by atoms with Gasteiger partial charge >= 0.3 is 0 Å². The van der Waals surface area contributed by atoms with Crippen molar-refractivity contribution in [2.75, 3.05) is 13.1 Å². The Labute approximate surface area is 203 Å². The molecule has 3 fully saturated rings. The maximum atomic E-state index is 13.8. The number of hydrogen-bond acceptors (Lipinski definition) is 3. The van der Waals surface area contributed by atoms with Crippen molar-refractivity contribution in [3.63, 3.8) is 0 Å². The molecular weight excluding hydrogens is 422 g/mol. The van der Waals surface area contributed by atoms with E-state index in [-0.39, 0.29) is 29.6 Å². The lowest BCUT2D eigenvalue weighted by Crippen LogP contribution is -2.62. The first-order chi connectivity index (χ1) is 16.6. The van der Waals surface area contributed by atoms with E-state index in [1.54, 1.807) is 0 Å². The second kappa shape index (κ2) is 9.91. The van der Waals surface area contributed by atoms with Crippen LogP contribution in [-0.2, 0) is 22.4 Å². The van der Waals surface area contributed by atoms with Crippen molar-refractivity contribution in [2.45, 2.75) is 76.0 Å². The number of likely N-dealkylation sites (tertiary alicyclic amines) is 1. The molecule has 2 aromatic rings. The van der Waals surface area contributed by atoms with Crippen molar-refractivity contribution >= 4 is 11.8 Å². The molecule has 2 atom stereocenters. The monoisotopic (exact) mass is 459 g/mol. The van der Waals surface area contributed by atoms with E-state index in [1.807, 2.05) is 24.3 Å². The second-order valence-corrected chi connectivity index (χ2v) is 10.5. The van der Waals surface area contributed by atoms with Crippen molar-refractivity contribution in [1.82, 2.24) is 15.1 Å². The van der Waals surface area contributed by atoms with Crippen LogP contribution < -0.4 is 5.32 Å². The molecule has 3 aliphatic rings. The molecule has 2 amide bonds. The number of piperidine rings is 1. The van der Waals surface area contributed by atoms with Crippen molar-refractivity contribution in [2.24, 2.45) is 5.92 Å². The number of amides is 2. The van der Waals surface area contributed by atoms with Gasteiger partial charge < -0.3 is 9.80 Å². The van der Waals surface area contributed by atoms with E-state index < -0.39 is 0 Å². The second-order valence-electron chi connectivity index (χ2n) is 10.5. The lowest BCUT2D eigenvalue weighted by molar-refractivity contribution is -0.143. The minimum atomic E-state index is -0.358. The average molecular weight is 460 g/mol. The zero-order chi connectivity index (χ0) is 23.5. The minimum absolute atomic E-state index is 0.134. The third-order valence-corrected chi connectivity index (χ3v) is 8.21. The molecule has 0 radical (unpaired) electrons. The standard InChI is InChI=1S/C29H37N3O2/c1-22(15-16-23-9-4-2-5-10-23)32-28(34)26(21-24-11-6-3-7-12-24)30-29(32)17-19-31(20-18-29)27(33)25-13-8-14-25/h2-7,9-12,22,25-26,30H,8,13-21H2,1H3/t22-,26-/m0/s1. The van der Waals surface area contributed by atoms with Crippen LogP contribution in [0.1, 0.15) is 56.6 Å². The van der Waals surface area contributed by atoms with Gasteiger partial charge in [0.05, 0.1) is 11.7 Å². The first kappa shape index (κ1) is 23.1. The van der Waals surface area contributed by atoms with E-state index in [0.717, 1.165) is 51.6 Å². The molecule has 5 nitrogen and oxygen atoms in total. The van der Waals surface area contributed by atoms with Crippen LogP contribution in [0.4, 0.5) is 0 Å². The topological polar surface area (TPSA) is 52.7 Å². The van der Waals surface area contributed by atoms with Crippen molar-refractivity contribution in [1.29, 1.82) is 0 Å². The number of aryl methyl sites for hydroxylation is 1. The molecule has 0 unspecified atom stereocenters. The normalized spacial score (nSPS) is 23.2. The number of nitrogens with one attached hydrogen (secondary N) is 1. The van der Waals surface area contributed by atoms with Crippen molar-refractivity contribution in [3.05, 3.63) is 71.8 Å². The molecule has 1 aliphatic carbocycles. The molecule has 180 valence electrons. The molecule has 2 saturated heterocycles. The number of rotatable bonds is 7. The van der Waals surface area contributed by atoms with Crippen LogP contribution >= 0.6 is 0 Å². The summed E-state index contributed by atoms with van der Waals surface area (Å²) in [4.78, 5) is 30.9. The van der Waals surface area contributed by atoms with Crippen LogP contribution in [-0.4, -0.2) is 52.5 Å². The van der Waals surface area contributed by atoms with E-state index in [2.05, 4.69) is 58.4 Å². The van der Waals surface area contributed by atoms with E-state index in [9.17, 15) is 9.59 Å². The van der Waals surface area contributed by atoms with E-state index in [4.69, 9.17) is 0 Å². The molecule has 1 spiro atoms. The SMILES string of the molecule is C[C@@H](CCc1ccccc1)N1C(=O)[C@H](Cc2ccccc2)NC12CCN(C(=O)C1CCC1)CC2. The molecule has 1 N–H and O–H groups in total. The van der Waals surface area contributed by atoms with Crippen LogP contribution in [0.3, 0.4) is 0 Å². The van der Waals surface area contributed by atoms with E-state index >= 15 is 0 Å². The Bertz CT molecular complexity index is 981. The maximum Gasteiger partial charge on any atom is 0.241 e. The van der Waals surface area contributed by atoms with Crippen molar-refractivity contribution in [3.8, 4) is 0 Å². The average Bonchev–Trinajstić information content (AvgIpc) is 3.08. The van der Waals surface area contributed by atoms with E-state index in [1.165, 1.54) is 17.5 Å². The van der Waals surface area contributed by atoms with Crippen LogP contribution in [0, 0.1) is 5.92 Å². The van der Waals surface area contributed by atoms with Crippen LogP contribution in [0.5, 0.6) is 0 Å². The summed E-state index contributed by atoms with van der Waals surface area (Å²) in [6.45, 7) is 3.66. The fourth-order valence-corrected chi connectivity index (χ4v) is 6.01. The Morgan fingerprint density at radius 1 is 1.00 bits per heavy atom. The van der Waals surface area contributed by atoms with Gasteiger partial charge in [0.1, 0.15) is 0 Å². The first-order valence-corrected chi connectivity index (χ1v) is 13.0. The third-order valence-electron chi connectivity index (χ3n) is 8.21. The summed E-state index contributed by atoms with van der Waals surface area (Å²) in [7, 11) is 0. The minimum Gasteiger partial charge on any atom is -0.342 e. The molecule has 5 heteroatoms. The first-order valence-electron chi connectivity index (χ1n) is 13.0. The molecule has 0 bridgehead atoms. The lowest BCUT2D eigenvalue weighted by atomic mass is 9.83. The number of nitrogens with zero attached hydrogens (tertiary/aromatic N) is 2. The quantitative estimate of drug-likeness (QED) is 0.676. The van der Waals surface area contributed by atoms with Gasteiger partial charge in [-0.2, -0.15) is 0 Å². The summed E-state index contributed by atoms with van der Waals surface area (Å²) in [6.07, 6.45) is 7.46. The fourth-order valence-electron chi connectivity index (χ4n) is 6.01. The molecule has 0 aromatic heterocycles. The zero-order valence-electron chi connectivity index (χ0n) is 20.3. The highest BCUT2D eigenvalue weighted by Gasteiger charge is 2.53. The highest BCUT2D eigenvalue weighted by atomic mass is 16.2. The largest absolute Gasteiger partial charge is 0.342 e. The Morgan fingerprint density at radius 2 is 1.62 bits per heavy atom. The maximum absolute atomic E-state index is 13.8. The molecule has 1 saturated carbocycles. The van der Waals surface area contributed by atoms with Gasteiger partial charge in [-0.05, 0) is 50.2 Å². The zero-order valence-corrected chi connectivity index (χ0v) is 20.3. The number of carbonyl (C=O) groups excluding carboxylic acids is 2. The summed E-state index contributed by atoms with van der Waals surface area (Å²) in [5.41, 5.74) is 2.13. The Kier molecular flexibility index (Phi) is 6.73. The van der Waals surface area contributed by atoms with Gasteiger partial charge in [-0.15, -0.1) is 0 Å². The third kappa shape index (κ3) is 4.63. The van der Waals surface area contributed by atoms with Crippen molar-refractivity contribution < 1.29 is 9.59 Å². The fraction of sp³-hybridized carbons (Fsp3) is 0.517. The highest BCUT2D eigenvalue weighted by Crippen LogP contribution is 2.37. The van der Waals surface area contributed by atoms with Gasteiger partial charge in [0, 0.05) is 37.9 Å². The highest BCUT2D eigenvalue weighted by molar-refractivity contribution is 5.86. The number of benzene rings is 2. The number of hydrogen-bond donors (Lipinski definition) is 1. The molecule has 34 heavy (non-hydrogen) atoms. The molecule has 2 heterocycles. The van der Waals surface area contributed by atoms with Gasteiger partial charge in [-0.3, -0.25) is 14.9 Å². The Balaban J connectivity index is 1.32. The summed E-state index contributed by atoms with van der Waals surface area (Å²) >= 11 is 0. The summed E-state index contributed by atoms with van der Waals surface area (Å²) < 4.78 is 0. The molecular formula is C29H37N3O2. The van der Waals surface area contributed by atoms with Gasteiger partial charge in [0.2, 0.25) is 11.8 Å². The Morgan fingerprint density at radius 3 is 2.21 bits per heavy atom. The molecule has 2 aromatic carbocycles.